The molecule has 0 amide bonds. The van der Waals surface area contributed by atoms with Gasteiger partial charge in [-0.3, -0.25) is 4.98 Å². The fourth-order valence-electron chi connectivity index (χ4n) is 1.83. The van der Waals surface area contributed by atoms with Gasteiger partial charge in [-0.25, -0.2) is 9.97 Å². The molecular formula is C14H19N5. The van der Waals surface area contributed by atoms with Gasteiger partial charge in [0.1, 0.15) is 18.0 Å². The van der Waals surface area contributed by atoms with Gasteiger partial charge in [-0.15, -0.1) is 0 Å². The van der Waals surface area contributed by atoms with Gasteiger partial charge in [-0.2, -0.15) is 0 Å². The molecule has 100 valence electrons. The van der Waals surface area contributed by atoms with Crippen molar-refractivity contribution < 1.29 is 0 Å². The quantitative estimate of drug-likeness (QED) is 0.831. The number of nitrogens with zero attached hydrogens (tertiary/aromatic N) is 3. The Morgan fingerprint density at radius 3 is 2.53 bits per heavy atom. The van der Waals surface area contributed by atoms with E-state index >= 15 is 0 Å². The summed E-state index contributed by atoms with van der Waals surface area (Å²) >= 11 is 0. The molecule has 0 aromatic carbocycles. The molecule has 0 aliphatic rings. The Morgan fingerprint density at radius 2 is 1.84 bits per heavy atom. The SMILES string of the molecule is CCNc1ncnc(NCCc2ccccn2)c1C. The maximum atomic E-state index is 4.29. The van der Waals surface area contributed by atoms with E-state index in [1.807, 2.05) is 31.3 Å². The van der Waals surface area contributed by atoms with Crippen LogP contribution in [0.4, 0.5) is 11.6 Å². The molecule has 19 heavy (non-hydrogen) atoms. The van der Waals surface area contributed by atoms with Gasteiger partial charge >= 0.3 is 0 Å². The van der Waals surface area contributed by atoms with Crippen LogP contribution < -0.4 is 10.6 Å². The van der Waals surface area contributed by atoms with Gasteiger partial charge in [0.15, 0.2) is 0 Å². The molecule has 5 heteroatoms. The number of rotatable bonds is 6. The predicted octanol–water partition coefficient (Wildman–Crippen LogP) is 2.27. The third-order valence-electron chi connectivity index (χ3n) is 2.83. The van der Waals surface area contributed by atoms with Crippen LogP contribution in [0.1, 0.15) is 18.2 Å². The smallest absolute Gasteiger partial charge is 0.134 e. The standard InChI is InChI=1S/C14H19N5/c1-3-15-13-11(2)14(19-10-18-13)17-9-7-12-6-4-5-8-16-12/h4-6,8,10H,3,7,9H2,1-2H3,(H2,15,17,18,19). The van der Waals surface area contributed by atoms with E-state index in [9.17, 15) is 0 Å². The van der Waals surface area contributed by atoms with Crippen molar-refractivity contribution >= 4 is 11.6 Å². The summed E-state index contributed by atoms with van der Waals surface area (Å²) < 4.78 is 0. The van der Waals surface area contributed by atoms with Crippen LogP contribution in [0.5, 0.6) is 0 Å². The second kappa shape index (κ2) is 6.68. The first-order valence-electron chi connectivity index (χ1n) is 6.50. The maximum Gasteiger partial charge on any atom is 0.134 e. The highest BCUT2D eigenvalue weighted by atomic mass is 15.1. The van der Waals surface area contributed by atoms with Crippen molar-refractivity contribution in [1.29, 1.82) is 0 Å². The van der Waals surface area contributed by atoms with Crippen LogP contribution >= 0.6 is 0 Å². The summed E-state index contributed by atoms with van der Waals surface area (Å²) in [6, 6.07) is 5.95. The van der Waals surface area contributed by atoms with Crippen LogP contribution in [-0.2, 0) is 6.42 Å². The van der Waals surface area contributed by atoms with E-state index in [4.69, 9.17) is 0 Å². The van der Waals surface area contributed by atoms with E-state index < -0.39 is 0 Å². The summed E-state index contributed by atoms with van der Waals surface area (Å²) in [6.07, 6.45) is 4.27. The highest BCUT2D eigenvalue weighted by Gasteiger charge is 2.05. The van der Waals surface area contributed by atoms with Gasteiger partial charge in [0.25, 0.3) is 0 Å². The minimum Gasteiger partial charge on any atom is -0.370 e. The van der Waals surface area contributed by atoms with E-state index in [2.05, 4.69) is 32.5 Å². The number of hydrogen-bond acceptors (Lipinski definition) is 5. The zero-order chi connectivity index (χ0) is 13.5. The normalized spacial score (nSPS) is 10.2. The second-order valence-corrected chi connectivity index (χ2v) is 4.22. The van der Waals surface area contributed by atoms with Crippen LogP contribution in [0.15, 0.2) is 30.7 Å². The van der Waals surface area contributed by atoms with Crippen molar-refractivity contribution in [2.75, 3.05) is 23.7 Å². The molecule has 0 unspecified atom stereocenters. The van der Waals surface area contributed by atoms with Crippen molar-refractivity contribution in [2.45, 2.75) is 20.3 Å². The largest absolute Gasteiger partial charge is 0.370 e. The molecule has 2 heterocycles. The summed E-state index contributed by atoms with van der Waals surface area (Å²) in [5, 5.41) is 6.55. The van der Waals surface area contributed by atoms with Crippen molar-refractivity contribution in [1.82, 2.24) is 15.0 Å². The van der Waals surface area contributed by atoms with Crippen LogP contribution in [0.3, 0.4) is 0 Å². The van der Waals surface area contributed by atoms with Crippen molar-refractivity contribution in [3.05, 3.63) is 42.0 Å². The molecule has 2 aromatic heterocycles. The van der Waals surface area contributed by atoms with Crippen molar-refractivity contribution in [3.63, 3.8) is 0 Å². The minimum absolute atomic E-state index is 0.806. The molecule has 0 bridgehead atoms. The summed E-state index contributed by atoms with van der Waals surface area (Å²) in [5.41, 5.74) is 2.12. The lowest BCUT2D eigenvalue weighted by molar-refractivity contribution is 0.946. The van der Waals surface area contributed by atoms with Gasteiger partial charge in [-0.05, 0) is 26.0 Å². The fraction of sp³-hybridized carbons (Fsp3) is 0.357. The zero-order valence-electron chi connectivity index (χ0n) is 11.3. The molecule has 0 spiro atoms. The summed E-state index contributed by atoms with van der Waals surface area (Å²) in [5.74, 6) is 1.76. The van der Waals surface area contributed by atoms with Crippen LogP contribution in [0.25, 0.3) is 0 Å². The zero-order valence-corrected chi connectivity index (χ0v) is 11.3. The highest BCUT2D eigenvalue weighted by molar-refractivity contribution is 5.56. The van der Waals surface area contributed by atoms with E-state index in [1.165, 1.54) is 0 Å². The van der Waals surface area contributed by atoms with Gasteiger partial charge in [-0.1, -0.05) is 6.07 Å². The molecule has 2 aromatic rings. The first kappa shape index (κ1) is 13.3. The van der Waals surface area contributed by atoms with Crippen LogP contribution in [0.2, 0.25) is 0 Å². The fourth-order valence-corrected chi connectivity index (χ4v) is 1.83. The lowest BCUT2D eigenvalue weighted by Crippen LogP contribution is -2.11. The number of nitrogens with one attached hydrogen (secondary N) is 2. The first-order chi connectivity index (χ1) is 9.31. The Morgan fingerprint density at radius 1 is 1.05 bits per heavy atom. The Labute approximate surface area is 113 Å². The third-order valence-corrected chi connectivity index (χ3v) is 2.83. The first-order valence-corrected chi connectivity index (χ1v) is 6.50. The summed E-state index contributed by atoms with van der Waals surface area (Å²) in [4.78, 5) is 12.8. The molecule has 0 atom stereocenters. The molecule has 0 aliphatic heterocycles. The number of pyridine rings is 1. The summed E-state index contributed by atoms with van der Waals surface area (Å²) in [7, 11) is 0. The van der Waals surface area contributed by atoms with Gasteiger partial charge in [0.05, 0.1) is 0 Å². The lowest BCUT2D eigenvalue weighted by atomic mass is 10.2. The Kier molecular flexibility index (Phi) is 4.66. The van der Waals surface area contributed by atoms with E-state index in [-0.39, 0.29) is 0 Å². The number of anilines is 2. The van der Waals surface area contributed by atoms with Gasteiger partial charge < -0.3 is 10.6 Å². The van der Waals surface area contributed by atoms with Gasteiger partial charge in [0.2, 0.25) is 0 Å². The molecule has 0 radical (unpaired) electrons. The second-order valence-electron chi connectivity index (χ2n) is 4.22. The van der Waals surface area contributed by atoms with E-state index in [1.54, 1.807) is 6.33 Å². The molecule has 0 saturated heterocycles. The molecule has 2 N–H and O–H groups in total. The molecule has 0 fully saturated rings. The number of hydrogen-bond donors (Lipinski definition) is 2. The summed E-state index contributed by atoms with van der Waals surface area (Å²) in [6.45, 7) is 5.72. The molecule has 0 aliphatic carbocycles. The number of aromatic nitrogens is 3. The topological polar surface area (TPSA) is 62.7 Å². The third kappa shape index (κ3) is 3.64. The molecule has 0 saturated carbocycles. The maximum absolute atomic E-state index is 4.29. The average molecular weight is 257 g/mol. The Balaban J connectivity index is 1.94. The molecular weight excluding hydrogens is 238 g/mol. The molecule has 5 nitrogen and oxygen atoms in total. The van der Waals surface area contributed by atoms with Crippen molar-refractivity contribution in [2.24, 2.45) is 0 Å². The van der Waals surface area contributed by atoms with Crippen LogP contribution in [0, 0.1) is 6.92 Å². The Bertz CT molecular complexity index is 512. The lowest BCUT2D eigenvalue weighted by Gasteiger charge is -2.11. The minimum atomic E-state index is 0.806. The highest BCUT2D eigenvalue weighted by Crippen LogP contribution is 2.17. The average Bonchev–Trinajstić information content (AvgIpc) is 2.44. The predicted molar refractivity (Wildman–Crippen MR) is 77.4 cm³/mol. The monoisotopic (exact) mass is 257 g/mol. The Hall–Kier alpha value is -2.17. The molecule has 2 rings (SSSR count). The van der Waals surface area contributed by atoms with Crippen LogP contribution in [-0.4, -0.2) is 28.0 Å². The van der Waals surface area contributed by atoms with E-state index in [0.717, 1.165) is 42.4 Å². The van der Waals surface area contributed by atoms with E-state index in [0.29, 0.717) is 0 Å². The van der Waals surface area contributed by atoms with Gasteiger partial charge in [0, 0.05) is 37.0 Å². The van der Waals surface area contributed by atoms with Crippen molar-refractivity contribution in [3.8, 4) is 0 Å².